The van der Waals surface area contributed by atoms with Gasteiger partial charge in [-0.25, -0.2) is 0 Å². The first kappa shape index (κ1) is 11.4. The highest BCUT2D eigenvalue weighted by atomic mass is 16.1. The molecule has 2 N–H and O–H groups in total. The molecule has 0 aromatic carbocycles. The molecule has 1 aromatic rings. The third-order valence-electron chi connectivity index (χ3n) is 3.19. The van der Waals surface area contributed by atoms with Crippen LogP contribution in [0.4, 0.5) is 0 Å². The Morgan fingerprint density at radius 1 is 1.62 bits per heavy atom. The summed E-state index contributed by atoms with van der Waals surface area (Å²) < 4.78 is 0. The van der Waals surface area contributed by atoms with E-state index < -0.39 is 0 Å². The zero-order valence-electron chi connectivity index (χ0n) is 9.70. The molecule has 0 aliphatic carbocycles. The summed E-state index contributed by atoms with van der Waals surface area (Å²) in [6.07, 6.45) is 4.17. The molecular formula is C12H19N3O. The van der Waals surface area contributed by atoms with E-state index in [0.717, 1.165) is 13.1 Å². The minimum atomic E-state index is 0.165. The Bertz CT molecular complexity index is 328. The van der Waals surface area contributed by atoms with Crippen LogP contribution in [0.2, 0.25) is 0 Å². The van der Waals surface area contributed by atoms with Crippen LogP contribution in [0.25, 0.3) is 0 Å². The number of hydrogen-bond acceptors (Lipinski definition) is 3. The Hall–Kier alpha value is -1.13. The minimum Gasteiger partial charge on any atom is -0.359 e. The number of aromatic amines is 1. The monoisotopic (exact) mass is 221 g/mol. The first-order valence-corrected chi connectivity index (χ1v) is 5.85. The number of H-pyrrole nitrogens is 1. The van der Waals surface area contributed by atoms with E-state index >= 15 is 0 Å². The van der Waals surface area contributed by atoms with Crippen molar-refractivity contribution in [3.63, 3.8) is 0 Å². The van der Waals surface area contributed by atoms with Gasteiger partial charge >= 0.3 is 0 Å². The van der Waals surface area contributed by atoms with E-state index in [4.69, 9.17) is 0 Å². The van der Waals surface area contributed by atoms with Crippen molar-refractivity contribution in [2.75, 3.05) is 26.7 Å². The number of rotatable bonds is 4. The van der Waals surface area contributed by atoms with E-state index in [1.807, 2.05) is 19.2 Å². The Morgan fingerprint density at radius 3 is 3.12 bits per heavy atom. The van der Waals surface area contributed by atoms with Crippen molar-refractivity contribution in [2.24, 2.45) is 0 Å². The molecule has 1 aliphatic heterocycles. The number of hydrogen-bond donors (Lipinski definition) is 2. The molecule has 88 valence electrons. The molecule has 2 heterocycles. The quantitative estimate of drug-likeness (QED) is 0.742. The number of piperidine rings is 1. The van der Waals surface area contributed by atoms with Crippen molar-refractivity contribution >= 4 is 5.78 Å². The van der Waals surface area contributed by atoms with Crippen molar-refractivity contribution < 1.29 is 4.79 Å². The number of likely N-dealkylation sites (N-methyl/N-ethyl adjacent to an activating group) is 1. The number of carbonyl (C=O) groups is 1. The lowest BCUT2D eigenvalue weighted by molar-refractivity contribution is 0.0902. The van der Waals surface area contributed by atoms with E-state index in [9.17, 15) is 4.79 Å². The van der Waals surface area contributed by atoms with Gasteiger partial charge in [0.05, 0.1) is 12.2 Å². The fourth-order valence-electron chi connectivity index (χ4n) is 2.15. The van der Waals surface area contributed by atoms with Gasteiger partial charge in [-0.15, -0.1) is 0 Å². The molecule has 0 spiro atoms. The van der Waals surface area contributed by atoms with Crippen LogP contribution in [-0.2, 0) is 0 Å². The molecule has 0 bridgehead atoms. The number of carbonyl (C=O) groups excluding carboxylic acids is 1. The fourth-order valence-corrected chi connectivity index (χ4v) is 2.15. The van der Waals surface area contributed by atoms with Gasteiger partial charge in [0.1, 0.15) is 0 Å². The van der Waals surface area contributed by atoms with Crippen molar-refractivity contribution in [1.29, 1.82) is 0 Å². The number of Topliss-reactive ketones (excluding diaryl/α,β-unsaturated/α-hetero) is 1. The lowest BCUT2D eigenvalue weighted by Crippen LogP contribution is -2.45. The predicted octanol–water partition coefficient (Wildman–Crippen LogP) is 0.881. The Morgan fingerprint density at radius 2 is 2.50 bits per heavy atom. The standard InChI is InChI=1S/C12H19N3O/c1-15(10-4-2-6-13-8-10)9-12(16)11-5-3-7-14-11/h3,5,7,10,13-14H,2,4,6,8-9H2,1H3/t10-/m0/s1. The summed E-state index contributed by atoms with van der Waals surface area (Å²) in [5.74, 6) is 0.165. The van der Waals surface area contributed by atoms with Crippen molar-refractivity contribution in [2.45, 2.75) is 18.9 Å². The molecule has 0 unspecified atom stereocenters. The van der Waals surface area contributed by atoms with E-state index in [-0.39, 0.29) is 5.78 Å². The second-order valence-electron chi connectivity index (χ2n) is 4.42. The van der Waals surface area contributed by atoms with E-state index in [2.05, 4.69) is 15.2 Å². The summed E-state index contributed by atoms with van der Waals surface area (Å²) in [7, 11) is 2.03. The van der Waals surface area contributed by atoms with E-state index in [1.54, 1.807) is 6.20 Å². The SMILES string of the molecule is CN(CC(=O)c1ccc[nH]1)[C@H]1CCCNC1. The first-order chi connectivity index (χ1) is 7.77. The third kappa shape index (κ3) is 2.71. The van der Waals surface area contributed by atoms with Gasteiger partial charge in [0.2, 0.25) is 0 Å². The van der Waals surface area contributed by atoms with Crippen molar-refractivity contribution in [3.05, 3.63) is 24.0 Å². The van der Waals surface area contributed by atoms with Crippen LogP contribution in [0.5, 0.6) is 0 Å². The second kappa shape index (κ2) is 5.27. The topological polar surface area (TPSA) is 48.1 Å². The zero-order valence-corrected chi connectivity index (χ0v) is 9.70. The number of ketones is 1. The van der Waals surface area contributed by atoms with Crippen LogP contribution in [-0.4, -0.2) is 48.4 Å². The molecule has 2 rings (SSSR count). The summed E-state index contributed by atoms with van der Waals surface area (Å²) >= 11 is 0. The van der Waals surface area contributed by atoms with Gasteiger partial charge in [-0.3, -0.25) is 9.69 Å². The van der Waals surface area contributed by atoms with E-state index in [0.29, 0.717) is 18.3 Å². The maximum absolute atomic E-state index is 11.9. The molecule has 1 aromatic heterocycles. The molecular weight excluding hydrogens is 202 g/mol. The number of aromatic nitrogens is 1. The largest absolute Gasteiger partial charge is 0.359 e. The fraction of sp³-hybridized carbons (Fsp3) is 0.583. The molecule has 4 heteroatoms. The summed E-state index contributed by atoms with van der Waals surface area (Å²) in [5.41, 5.74) is 0.704. The highest BCUT2D eigenvalue weighted by molar-refractivity contribution is 5.95. The van der Waals surface area contributed by atoms with Crippen LogP contribution >= 0.6 is 0 Å². The van der Waals surface area contributed by atoms with Crippen LogP contribution in [0, 0.1) is 0 Å². The average Bonchev–Trinajstić information content (AvgIpc) is 2.83. The van der Waals surface area contributed by atoms with Crippen LogP contribution in [0.1, 0.15) is 23.3 Å². The molecule has 1 saturated heterocycles. The molecule has 16 heavy (non-hydrogen) atoms. The lowest BCUT2D eigenvalue weighted by Gasteiger charge is -2.31. The van der Waals surface area contributed by atoms with Gasteiger partial charge in [-0.05, 0) is 38.6 Å². The second-order valence-corrected chi connectivity index (χ2v) is 4.42. The lowest BCUT2D eigenvalue weighted by atomic mass is 10.1. The highest BCUT2D eigenvalue weighted by Gasteiger charge is 2.20. The summed E-state index contributed by atoms with van der Waals surface area (Å²) in [6, 6.07) is 4.18. The van der Waals surface area contributed by atoms with Crippen molar-refractivity contribution in [3.8, 4) is 0 Å². The van der Waals surface area contributed by atoms with Crippen molar-refractivity contribution in [1.82, 2.24) is 15.2 Å². The maximum Gasteiger partial charge on any atom is 0.192 e. The van der Waals surface area contributed by atoms with Crippen LogP contribution in [0.3, 0.4) is 0 Å². The summed E-state index contributed by atoms with van der Waals surface area (Å²) in [5, 5.41) is 3.36. The van der Waals surface area contributed by atoms with Gasteiger partial charge in [-0.1, -0.05) is 0 Å². The molecule has 0 radical (unpaired) electrons. The van der Waals surface area contributed by atoms with Gasteiger partial charge in [-0.2, -0.15) is 0 Å². The number of nitrogens with zero attached hydrogens (tertiary/aromatic N) is 1. The molecule has 1 atom stereocenters. The highest BCUT2D eigenvalue weighted by Crippen LogP contribution is 2.09. The Kier molecular flexibility index (Phi) is 3.74. The molecule has 1 aliphatic rings. The first-order valence-electron chi connectivity index (χ1n) is 5.85. The summed E-state index contributed by atoms with van der Waals surface area (Å²) in [6.45, 7) is 2.59. The molecule has 0 amide bonds. The predicted molar refractivity (Wildman–Crippen MR) is 63.6 cm³/mol. The van der Waals surface area contributed by atoms with Gasteiger partial charge in [0.25, 0.3) is 0 Å². The van der Waals surface area contributed by atoms with Gasteiger partial charge < -0.3 is 10.3 Å². The third-order valence-corrected chi connectivity index (χ3v) is 3.19. The molecule has 0 saturated carbocycles. The van der Waals surface area contributed by atoms with Gasteiger partial charge in [0, 0.05) is 18.8 Å². The Balaban J connectivity index is 1.86. The molecule has 1 fully saturated rings. The van der Waals surface area contributed by atoms with E-state index in [1.165, 1.54) is 12.8 Å². The van der Waals surface area contributed by atoms with Crippen LogP contribution in [0.15, 0.2) is 18.3 Å². The van der Waals surface area contributed by atoms with Gasteiger partial charge in [0.15, 0.2) is 5.78 Å². The van der Waals surface area contributed by atoms with Crippen LogP contribution < -0.4 is 5.32 Å². The average molecular weight is 221 g/mol. The normalized spacial score (nSPS) is 21.2. The molecule has 4 nitrogen and oxygen atoms in total. The zero-order chi connectivity index (χ0) is 11.4. The summed E-state index contributed by atoms with van der Waals surface area (Å²) in [4.78, 5) is 17.0. The Labute approximate surface area is 96.0 Å². The minimum absolute atomic E-state index is 0.165. The number of nitrogens with one attached hydrogen (secondary N) is 2. The smallest absolute Gasteiger partial charge is 0.192 e. The maximum atomic E-state index is 11.9.